The number of nitrogens with one attached hydrogen (secondary N) is 1. The highest BCUT2D eigenvalue weighted by Crippen LogP contribution is 2.29. The predicted octanol–water partition coefficient (Wildman–Crippen LogP) is 3.58. The molecule has 0 bridgehead atoms. The van der Waals surface area contributed by atoms with Gasteiger partial charge in [-0.05, 0) is 30.3 Å². The number of fused-ring (bicyclic) bond motifs is 3. The molecule has 0 atom stereocenters. The summed E-state index contributed by atoms with van der Waals surface area (Å²) >= 11 is 0. The van der Waals surface area contributed by atoms with Gasteiger partial charge in [0.15, 0.2) is 5.82 Å². The maximum atomic E-state index is 13.1. The van der Waals surface area contributed by atoms with Crippen molar-refractivity contribution in [2.45, 2.75) is 0 Å². The van der Waals surface area contributed by atoms with Crippen LogP contribution in [0.15, 0.2) is 54.9 Å². The zero-order valence-electron chi connectivity index (χ0n) is 14.2. The minimum absolute atomic E-state index is 0.199. The fourth-order valence-corrected chi connectivity index (χ4v) is 3.70. The van der Waals surface area contributed by atoms with Gasteiger partial charge in [-0.2, -0.15) is 0 Å². The molecule has 26 heavy (non-hydrogen) atoms. The van der Waals surface area contributed by atoms with Crippen molar-refractivity contribution in [2.75, 3.05) is 36.0 Å². The quantitative estimate of drug-likeness (QED) is 0.602. The number of H-pyrrole nitrogens is 1. The zero-order chi connectivity index (χ0) is 17.5. The number of piperazine rings is 1. The second kappa shape index (κ2) is 5.98. The predicted molar refractivity (Wildman–Crippen MR) is 102 cm³/mol. The van der Waals surface area contributed by atoms with Gasteiger partial charge in [0.25, 0.3) is 0 Å². The van der Waals surface area contributed by atoms with E-state index in [1.807, 2.05) is 24.3 Å². The number of anilines is 2. The van der Waals surface area contributed by atoms with Crippen molar-refractivity contribution in [1.82, 2.24) is 15.0 Å². The molecule has 1 saturated heterocycles. The molecule has 1 aliphatic rings. The number of para-hydroxylation sites is 1. The van der Waals surface area contributed by atoms with E-state index in [9.17, 15) is 4.39 Å². The fourth-order valence-electron chi connectivity index (χ4n) is 3.70. The summed E-state index contributed by atoms with van der Waals surface area (Å²) < 4.78 is 13.1. The van der Waals surface area contributed by atoms with Crippen molar-refractivity contribution in [2.24, 2.45) is 0 Å². The number of hydrogen-bond donors (Lipinski definition) is 1. The molecule has 0 saturated carbocycles. The largest absolute Gasteiger partial charge is 0.368 e. The second-order valence-corrected chi connectivity index (χ2v) is 6.54. The SMILES string of the molecule is Fc1ccc(N2CCN(c3ncnc4c3[nH]c3ccccc34)CC2)cc1. The number of benzene rings is 2. The highest BCUT2D eigenvalue weighted by molar-refractivity contribution is 6.08. The molecule has 5 nitrogen and oxygen atoms in total. The molecule has 0 unspecified atom stereocenters. The van der Waals surface area contributed by atoms with E-state index in [0.29, 0.717) is 0 Å². The summed E-state index contributed by atoms with van der Waals surface area (Å²) in [7, 11) is 0. The first-order valence-corrected chi connectivity index (χ1v) is 8.76. The van der Waals surface area contributed by atoms with E-state index in [1.54, 1.807) is 6.33 Å². The minimum atomic E-state index is -0.199. The summed E-state index contributed by atoms with van der Waals surface area (Å²) in [6.45, 7) is 3.46. The van der Waals surface area contributed by atoms with Crippen LogP contribution in [0, 0.1) is 5.82 Å². The van der Waals surface area contributed by atoms with Crippen LogP contribution in [0.2, 0.25) is 0 Å². The number of hydrogen-bond acceptors (Lipinski definition) is 4. The molecule has 1 fully saturated rings. The van der Waals surface area contributed by atoms with Gasteiger partial charge in [0.1, 0.15) is 23.2 Å². The normalized spacial score (nSPS) is 15.1. The van der Waals surface area contributed by atoms with E-state index in [-0.39, 0.29) is 5.82 Å². The van der Waals surface area contributed by atoms with Crippen LogP contribution in [0.3, 0.4) is 0 Å². The van der Waals surface area contributed by atoms with Gasteiger partial charge in [0.2, 0.25) is 0 Å². The summed E-state index contributed by atoms with van der Waals surface area (Å²) in [6.07, 6.45) is 1.64. The standard InChI is InChI=1S/C20H18FN5/c21-14-5-7-15(8-6-14)25-9-11-26(12-10-25)20-19-18(22-13-23-20)16-3-1-2-4-17(16)24-19/h1-8,13,24H,9-12H2. The van der Waals surface area contributed by atoms with Gasteiger partial charge in [-0.1, -0.05) is 18.2 Å². The van der Waals surface area contributed by atoms with Gasteiger partial charge in [-0.3, -0.25) is 0 Å². The van der Waals surface area contributed by atoms with Crippen LogP contribution in [0.4, 0.5) is 15.9 Å². The van der Waals surface area contributed by atoms with Crippen LogP contribution >= 0.6 is 0 Å². The van der Waals surface area contributed by atoms with Gasteiger partial charge in [-0.25, -0.2) is 14.4 Å². The Hall–Kier alpha value is -3.15. The monoisotopic (exact) mass is 347 g/mol. The molecular formula is C20H18FN5. The maximum absolute atomic E-state index is 13.1. The van der Waals surface area contributed by atoms with Gasteiger partial charge in [0.05, 0.1) is 0 Å². The Morgan fingerprint density at radius 2 is 1.58 bits per heavy atom. The first kappa shape index (κ1) is 15.1. The third-order valence-corrected chi connectivity index (χ3v) is 5.04. The maximum Gasteiger partial charge on any atom is 0.156 e. The van der Waals surface area contributed by atoms with Crippen LogP contribution in [-0.4, -0.2) is 41.1 Å². The summed E-state index contributed by atoms with van der Waals surface area (Å²) in [6, 6.07) is 14.9. The van der Waals surface area contributed by atoms with Crippen molar-refractivity contribution in [3.8, 4) is 0 Å². The third-order valence-electron chi connectivity index (χ3n) is 5.04. The molecule has 5 rings (SSSR count). The first-order valence-electron chi connectivity index (χ1n) is 8.76. The average Bonchev–Trinajstić information content (AvgIpc) is 3.08. The molecule has 130 valence electrons. The molecule has 4 aromatic rings. The molecule has 0 spiro atoms. The summed E-state index contributed by atoms with van der Waals surface area (Å²) in [4.78, 5) is 17.1. The van der Waals surface area contributed by atoms with Crippen molar-refractivity contribution in [3.05, 3.63) is 60.7 Å². The highest BCUT2D eigenvalue weighted by Gasteiger charge is 2.21. The lowest BCUT2D eigenvalue weighted by molar-refractivity contribution is 0.624. The topological polar surface area (TPSA) is 48.1 Å². The van der Waals surface area contributed by atoms with Gasteiger partial charge >= 0.3 is 0 Å². The second-order valence-electron chi connectivity index (χ2n) is 6.54. The van der Waals surface area contributed by atoms with Gasteiger partial charge in [-0.15, -0.1) is 0 Å². The molecule has 0 aliphatic carbocycles. The van der Waals surface area contributed by atoms with Crippen molar-refractivity contribution in [3.63, 3.8) is 0 Å². The average molecular weight is 347 g/mol. The van der Waals surface area contributed by atoms with E-state index in [4.69, 9.17) is 0 Å². The lowest BCUT2D eigenvalue weighted by Gasteiger charge is -2.36. The Kier molecular flexibility index (Phi) is 3.48. The van der Waals surface area contributed by atoms with Crippen molar-refractivity contribution >= 4 is 33.4 Å². The number of aromatic nitrogens is 3. The van der Waals surface area contributed by atoms with E-state index in [2.05, 4.69) is 36.9 Å². The molecule has 2 aromatic heterocycles. The van der Waals surface area contributed by atoms with Crippen LogP contribution in [0.1, 0.15) is 0 Å². The fraction of sp³-hybridized carbons (Fsp3) is 0.200. The minimum Gasteiger partial charge on any atom is -0.368 e. The Bertz CT molecular complexity index is 1060. The van der Waals surface area contributed by atoms with E-state index < -0.39 is 0 Å². The molecule has 0 amide bonds. The van der Waals surface area contributed by atoms with Gasteiger partial charge in [0, 0.05) is 42.8 Å². The van der Waals surface area contributed by atoms with E-state index in [0.717, 1.165) is 59.6 Å². The summed E-state index contributed by atoms with van der Waals surface area (Å²) in [5.74, 6) is 0.750. The van der Waals surface area contributed by atoms with Crippen molar-refractivity contribution in [1.29, 1.82) is 0 Å². The Balaban J connectivity index is 1.44. The number of halogens is 1. The zero-order valence-corrected chi connectivity index (χ0v) is 14.2. The summed E-state index contributed by atoms with van der Waals surface area (Å²) in [5, 5.41) is 1.12. The lowest BCUT2D eigenvalue weighted by Crippen LogP contribution is -2.47. The van der Waals surface area contributed by atoms with Crippen LogP contribution in [0.25, 0.3) is 21.9 Å². The molecule has 6 heteroatoms. The Morgan fingerprint density at radius 1 is 0.846 bits per heavy atom. The van der Waals surface area contributed by atoms with Crippen LogP contribution < -0.4 is 9.80 Å². The number of rotatable bonds is 2. The third kappa shape index (κ3) is 2.45. The number of aromatic amines is 1. The van der Waals surface area contributed by atoms with Crippen LogP contribution in [-0.2, 0) is 0 Å². The Morgan fingerprint density at radius 3 is 2.38 bits per heavy atom. The van der Waals surface area contributed by atoms with E-state index >= 15 is 0 Å². The van der Waals surface area contributed by atoms with Crippen LogP contribution in [0.5, 0.6) is 0 Å². The molecular weight excluding hydrogens is 329 g/mol. The molecule has 2 aromatic carbocycles. The van der Waals surface area contributed by atoms with Crippen molar-refractivity contribution < 1.29 is 4.39 Å². The first-order chi connectivity index (χ1) is 12.8. The number of nitrogens with zero attached hydrogens (tertiary/aromatic N) is 4. The highest BCUT2D eigenvalue weighted by atomic mass is 19.1. The lowest BCUT2D eigenvalue weighted by atomic mass is 10.2. The summed E-state index contributed by atoms with van der Waals surface area (Å²) in [5.41, 5.74) is 4.09. The van der Waals surface area contributed by atoms with Gasteiger partial charge < -0.3 is 14.8 Å². The molecule has 3 heterocycles. The van der Waals surface area contributed by atoms with E-state index in [1.165, 1.54) is 12.1 Å². The molecule has 0 radical (unpaired) electrons. The smallest absolute Gasteiger partial charge is 0.156 e. The Labute approximate surface area is 150 Å². The molecule has 1 aliphatic heterocycles. The molecule has 1 N–H and O–H groups in total.